The van der Waals surface area contributed by atoms with Crippen LogP contribution in [0.5, 0.6) is 0 Å². The first-order valence-corrected chi connectivity index (χ1v) is 5.08. The average Bonchev–Trinajstić information content (AvgIpc) is 2.27. The highest BCUT2D eigenvalue weighted by molar-refractivity contribution is 8.03. The van der Waals surface area contributed by atoms with Gasteiger partial charge >= 0.3 is 0 Å². The second-order valence-corrected chi connectivity index (χ2v) is 4.02. The first kappa shape index (κ1) is 9.40. The number of carbonyl (C=O) groups excluding carboxylic acids is 1. The van der Waals surface area contributed by atoms with Crippen LogP contribution < -0.4 is 5.23 Å². The van der Waals surface area contributed by atoms with Crippen molar-refractivity contribution < 1.29 is 4.79 Å². The number of thioether (sulfide) groups is 1. The highest BCUT2D eigenvalue weighted by Crippen LogP contribution is 2.34. The van der Waals surface area contributed by atoms with Crippen molar-refractivity contribution in [2.24, 2.45) is 0 Å². The van der Waals surface area contributed by atoms with Crippen molar-refractivity contribution in [3.8, 4) is 0 Å². The Labute approximate surface area is 88.2 Å². The fourth-order valence-electron chi connectivity index (χ4n) is 1.43. The number of allylic oxidation sites excluding steroid dienone is 1. The van der Waals surface area contributed by atoms with E-state index in [1.807, 2.05) is 24.3 Å². The van der Waals surface area contributed by atoms with E-state index in [2.05, 4.69) is 5.23 Å². The predicted molar refractivity (Wildman–Crippen MR) is 58.4 cm³/mol. The number of hydrogen-bond acceptors (Lipinski definition) is 3. The summed E-state index contributed by atoms with van der Waals surface area (Å²) < 4.78 is 0. The minimum Gasteiger partial charge on any atom is -0.432 e. The maximum absolute atomic E-state index is 10.8. The molecule has 4 heteroatoms. The Bertz CT molecular complexity index is 403. The Morgan fingerprint density at radius 2 is 2.36 bits per heavy atom. The van der Waals surface area contributed by atoms with E-state index in [0.29, 0.717) is 0 Å². The van der Waals surface area contributed by atoms with Crippen molar-refractivity contribution in [1.82, 2.24) is 5.23 Å². The number of rotatable bonds is 2. The Kier molecular flexibility index (Phi) is 2.63. The van der Waals surface area contributed by atoms with Gasteiger partial charge in [0.15, 0.2) is 6.29 Å². The van der Waals surface area contributed by atoms with Gasteiger partial charge in [-0.1, -0.05) is 36.0 Å². The van der Waals surface area contributed by atoms with Gasteiger partial charge in [-0.05, 0) is 12.0 Å². The molecule has 2 nitrogen and oxygen atoms in total. The molecule has 1 aliphatic rings. The second-order valence-electron chi connectivity index (χ2n) is 2.97. The van der Waals surface area contributed by atoms with Gasteiger partial charge < -0.3 is 5.23 Å². The molecule has 1 heterocycles. The number of nitrogens with one attached hydrogen (secondary N) is 1. The summed E-state index contributed by atoms with van der Waals surface area (Å²) in [4.78, 5) is 11.8. The van der Waals surface area contributed by atoms with Gasteiger partial charge in [-0.2, -0.15) is 0 Å². The third-order valence-electron chi connectivity index (χ3n) is 2.12. The lowest BCUT2D eigenvalue weighted by atomic mass is 10.1. The van der Waals surface area contributed by atoms with Gasteiger partial charge in [0.1, 0.15) is 0 Å². The molecule has 0 aliphatic carbocycles. The summed E-state index contributed by atoms with van der Waals surface area (Å²) in [5, 5.41) is 3.50. The Balaban J connectivity index is 2.43. The van der Waals surface area contributed by atoms with Crippen LogP contribution in [-0.4, -0.2) is 14.3 Å². The van der Waals surface area contributed by atoms with Gasteiger partial charge in [-0.3, -0.25) is 4.79 Å². The van der Waals surface area contributed by atoms with Crippen LogP contribution in [0.4, 0.5) is 0 Å². The molecule has 0 aromatic heterocycles. The molecule has 0 spiro atoms. The molecule has 1 aromatic rings. The summed E-state index contributed by atoms with van der Waals surface area (Å²) >= 11 is 1.50. The molecule has 0 atom stereocenters. The summed E-state index contributed by atoms with van der Waals surface area (Å²) in [7, 11) is 5.32. The molecule has 0 fully saturated rings. The molecule has 1 aromatic carbocycles. The molecule has 0 saturated carbocycles. The van der Waals surface area contributed by atoms with Gasteiger partial charge in [0, 0.05) is 10.5 Å². The minimum atomic E-state index is 0.730. The van der Waals surface area contributed by atoms with E-state index in [1.165, 1.54) is 17.3 Å². The number of benzene rings is 1. The highest BCUT2D eigenvalue weighted by atomic mass is 32.2. The van der Waals surface area contributed by atoms with Crippen molar-refractivity contribution >= 4 is 26.0 Å². The van der Waals surface area contributed by atoms with Crippen LogP contribution in [0, 0.1) is 0 Å². The molecule has 1 N–H and O–H groups in total. The van der Waals surface area contributed by atoms with Gasteiger partial charge in [-0.25, -0.2) is 0 Å². The summed E-state index contributed by atoms with van der Waals surface area (Å²) in [6.45, 7) is 0. The molecule has 0 bridgehead atoms. The van der Waals surface area contributed by atoms with E-state index in [1.54, 1.807) is 0 Å². The van der Waals surface area contributed by atoms with E-state index in [4.69, 9.17) is 7.98 Å². The Morgan fingerprint density at radius 1 is 1.50 bits per heavy atom. The van der Waals surface area contributed by atoms with E-state index in [-0.39, 0.29) is 0 Å². The quantitative estimate of drug-likeness (QED) is 0.582. The van der Waals surface area contributed by atoms with E-state index in [9.17, 15) is 4.79 Å². The van der Waals surface area contributed by atoms with Crippen LogP contribution in [0.25, 0.3) is 0 Å². The molecule has 2 radical (unpaired) electrons. The third kappa shape index (κ3) is 1.57. The summed E-state index contributed by atoms with van der Waals surface area (Å²) in [5.41, 5.74) is 1.91. The summed E-state index contributed by atoms with van der Waals surface area (Å²) in [6, 6.07) is 5.75. The van der Waals surface area contributed by atoms with E-state index in [0.717, 1.165) is 28.2 Å². The number of fused-ring (bicyclic) bond motifs is 1. The second kappa shape index (κ2) is 3.92. The van der Waals surface area contributed by atoms with Crippen molar-refractivity contribution in [3.63, 3.8) is 0 Å². The average molecular weight is 201 g/mol. The normalized spacial score (nSPS) is 14.1. The van der Waals surface area contributed by atoms with Crippen LogP contribution in [0.3, 0.4) is 0 Å². The zero-order chi connectivity index (χ0) is 9.97. The Morgan fingerprint density at radius 3 is 3.07 bits per heavy atom. The van der Waals surface area contributed by atoms with Gasteiger partial charge in [-0.15, -0.1) is 0 Å². The van der Waals surface area contributed by atoms with Crippen LogP contribution in [0.1, 0.15) is 15.9 Å². The minimum absolute atomic E-state index is 0.730. The standard InChI is InChI=1S/C10H8BNOS/c11-12-9-5-4-7-2-1-3-8(6-13)10(7)14-9/h1-3,5-6,12H,4H2. The van der Waals surface area contributed by atoms with Crippen LogP contribution in [-0.2, 0) is 6.42 Å². The number of aldehydes is 1. The fraction of sp³-hybridized carbons (Fsp3) is 0.100. The lowest BCUT2D eigenvalue weighted by Crippen LogP contribution is -2.09. The van der Waals surface area contributed by atoms with Crippen molar-refractivity contribution in [3.05, 3.63) is 40.4 Å². The first-order valence-electron chi connectivity index (χ1n) is 4.27. The van der Waals surface area contributed by atoms with Gasteiger partial charge in [0.05, 0.1) is 5.03 Å². The summed E-state index contributed by atoms with van der Waals surface area (Å²) in [6.07, 6.45) is 3.72. The van der Waals surface area contributed by atoms with Crippen molar-refractivity contribution in [2.75, 3.05) is 0 Å². The lowest BCUT2D eigenvalue weighted by Gasteiger charge is -2.17. The summed E-state index contributed by atoms with van der Waals surface area (Å²) in [5.74, 6) is 0. The molecule has 0 unspecified atom stereocenters. The zero-order valence-corrected chi connectivity index (χ0v) is 8.30. The molecular weight excluding hydrogens is 193 g/mol. The molecule has 0 amide bonds. The molecule has 2 rings (SSSR count). The first-order chi connectivity index (χ1) is 6.85. The largest absolute Gasteiger partial charge is 0.432 e. The molecule has 14 heavy (non-hydrogen) atoms. The van der Waals surface area contributed by atoms with Gasteiger partial charge in [0.25, 0.3) is 0 Å². The maximum atomic E-state index is 10.8. The monoisotopic (exact) mass is 201 g/mol. The van der Waals surface area contributed by atoms with Gasteiger partial charge in [0.2, 0.25) is 7.98 Å². The topological polar surface area (TPSA) is 29.1 Å². The third-order valence-corrected chi connectivity index (χ3v) is 3.32. The number of hydrogen-bond donors (Lipinski definition) is 1. The molecule has 68 valence electrons. The van der Waals surface area contributed by atoms with E-state index < -0.39 is 0 Å². The Hall–Kier alpha value is -1.16. The SMILES string of the molecule is [B]NC1=CCc2cccc(C=O)c2S1. The molecular formula is C10H8BNOS. The van der Waals surface area contributed by atoms with Crippen molar-refractivity contribution in [1.29, 1.82) is 0 Å². The zero-order valence-electron chi connectivity index (χ0n) is 7.49. The smallest absolute Gasteiger partial charge is 0.223 e. The maximum Gasteiger partial charge on any atom is 0.223 e. The number of carbonyl (C=O) groups is 1. The molecule has 0 saturated heterocycles. The fourth-order valence-corrected chi connectivity index (χ4v) is 2.39. The van der Waals surface area contributed by atoms with Crippen LogP contribution >= 0.6 is 11.8 Å². The van der Waals surface area contributed by atoms with E-state index >= 15 is 0 Å². The lowest BCUT2D eigenvalue weighted by molar-refractivity contribution is 0.112. The van der Waals surface area contributed by atoms with Crippen LogP contribution in [0.15, 0.2) is 34.2 Å². The predicted octanol–water partition coefficient (Wildman–Crippen LogP) is 1.66. The molecule has 1 aliphatic heterocycles. The van der Waals surface area contributed by atoms with Crippen LogP contribution in [0.2, 0.25) is 0 Å². The van der Waals surface area contributed by atoms with Crippen molar-refractivity contribution in [2.45, 2.75) is 11.3 Å². The highest BCUT2D eigenvalue weighted by Gasteiger charge is 2.13.